The molecule has 0 aliphatic heterocycles. The predicted molar refractivity (Wildman–Crippen MR) is 127 cm³/mol. The fraction of sp³-hybridized carbons (Fsp3) is 0.231. The molecule has 30 heavy (non-hydrogen) atoms. The summed E-state index contributed by atoms with van der Waals surface area (Å²) < 4.78 is 0. The van der Waals surface area contributed by atoms with Gasteiger partial charge in [0, 0.05) is 16.7 Å². The number of hydrogen-bond donors (Lipinski definition) is 1. The third-order valence-corrected chi connectivity index (χ3v) is 5.32. The van der Waals surface area contributed by atoms with Gasteiger partial charge in [-0.3, -0.25) is 9.59 Å². The zero-order valence-electron chi connectivity index (χ0n) is 18.5. The predicted octanol–water partition coefficient (Wildman–Crippen LogP) is 5.76. The Morgan fingerprint density at radius 1 is 0.633 bits per heavy atom. The van der Waals surface area contributed by atoms with Crippen LogP contribution in [-0.4, -0.2) is 16.7 Å². The quantitative estimate of drug-likeness (QED) is 0.431. The molecular weight excluding hydrogens is 391 g/mol. The molecule has 1 N–H and O–H groups in total. The molecule has 0 bridgehead atoms. The molecule has 0 aliphatic rings. The van der Waals surface area contributed by atoms with Gasteiger partial charge in [-0.05, 0) is 69.9 Å². The summed E-state index contributed by atoms with van der Waals surface area (Å²) in [7, 11) is 0. The zero-order valence-corrected chi connectivity index (χ0v) is 19.9. The van der Waals surface area contributed by atoms with E-state index in [1.807, 2.05) is 65.8 Å². The van der Waals surface area contributed by atoms with Crippen LogP contribution in [0.3, 0.4) is 0 Å². The van der Waals surface area contributed by atoms with Crippen molar-refractivity contribution in [3.05, 3.63) is 98.1 Å². The Morgan fingerprint density at radius 2 is 1.03 bits per heavy atom. The number of carbonyl (C=O) groups is 2. The van der Waals surface area contributed by atoms with E-state index in [0.29, 0.717) is 11.1 Å². The Morgan fingerprint density at radius 3 is 1.47 bits per heavy atom. The number of phenolic OH excluding ortho intramolecular Hbond substituents is 1. The van der Waals surface area contributed by atoms with Crippen molar-refractivity contribution in [3.8, 4) is 5.75 Å². The first kappa shape index (κ1) is 23.5. The summed E-state index contributed by atoms with van der Waals surface area (Å²) in [6.07, 6.45) is 0. The number of aromatic hydroxyl groups is 1. The van der Waals surface area contributed by atoms with E-state index in [4.69, 9.17) is 0 Å². The van der Waals surface area contributed by atoms with Gasteiger partial charge in [0.15, 0.2) is 11.6 Å². The Hall–Kier alpha value is -2.77. The molecular formula is C26H29O3P. The summed E-state index contributed by atoms with van der Waals surface area (Å²) in [6, 6.07) is 12.5. The molecule has 0 aliphatic carbocycles. The van der Waals surface area contributed by atoms with Crippen molar-refractivity contribution in [3.63, 3.8) is 0 Å². The Kier molecular flexibility index (Phi) is 7.00. The van der Waals surface area contributed by atoms with Crippen LogP contribution in [0.2, 0.25) is 0 Å². The van der Waals surface area contributed by atoms with Crippen molar-refractivity contribution in [1.29, 1.82) is 0 Å². The highest BCUT2D eigenvalue weighted by molar-refractivity contribution is 6.92. The van der Waals surface area contributed by atoms with Crippen LogP contribution in [0.5, 0.6) is 5.75 Å². The van der Waals surface area contributed by atoms with Gasteiger partial charge in [-0.15, -0.1) is 0 Å². The molecule has 3 nitrogen and oxygen atoms in total. The van der Waals surface area contributed by atoms with Gasteiger partial charge in [0.1, 0.15) is 5.75 Å². The van der Waals surface area contributed by atoms with E-state index in [2.05, 4.69) is 0 Å². The Labute approximate surface area is 181 Å². The van der Waals surface area contributed by atoms with Gasteiger partial charge in [-0.1, -0.05) is 47.5 Å². The average Bonchev–Trinajstić information content (AvgIpc) is 2.59. The lowest BCUT2D eigenvalue weighted by molar-refractivity contribution is 0.0999. The third kappa shape index (κ3) is 4.22. The van der Waals surface area contributed by atoms with Crippen LogP contribution in [0.4, 0.5) is 0 Å². The molecule has 0 saturated heterocycles. The summed E-state index contributed by atoms with van der Waals surface area (Å²) in [6.45, 7) is 11.5. The molecule has 0 aromatic heterocycles. The van der Waals surface area contributed by atoms with Gasteiger partial charge < -0.3 is 5.11 Å². The number of carbonyl (C=O) groups excluding carboxylic acids is 2. The molecule has 0 radical (unpaired) electrons. The Balaban J connectivity index is 0.00000320. The molecule has 156 valence electrons. The summed E-state index contributed by atoms with van der Waals surface area (Å²) in [5.74, 6) is -0.756. The number of aryl methyl sites for hydroxylation is 6. The minimum Gasteiger partial charge on any atom is -0.507 e. The van der Waals surface area contributed by atoms with Crippen molar-refractivity contribution >= 4 is 21.5 Å². The SMILES string of the molecule is Cc1cc(C)c(C(=O)c2cccc(O)c2C(=O)c2c(C)cc(C)cc2C)c(C)c1.P. The highest BCUT2D eigenvalue weighted by Crippen LogP contribution is 2.30. The molecule has 3 aromatic rings. The van der Waals surface area contributed by atoms with E-state index in [9.17, 15) is 14.7 Å². The molecule has 0 spiro atoms. The monoisotopic (exact) mass is 420 g/mol. The van der Waals surface area contributed by atoms with Crippen molar-refractivity contribution in [2.24, 2.45) is 0 Å². The van der Waals surface area contributed by atoms with Crippen molar-refractivity contribution < 1.29 is 14.7 Å². The molecule has 3 aromatic carbocycles. The fourth-order valence-corrected chi connectivity index (χ4v) is 4.30. The van der Waals surface area contributed by atoms with Crippen LogP contribution in [0.25, 0.3) is 0 Å². The molecule has 0 saturated carbocycles. The molecule has 3 rings (SSSR count). The molecule has 1 atom stereocenters. The number of benzene rings is 3. The van der Waals surface area contributed by atoms with E-state index in [1.165, 1.54) is 6.07 Å². The van der Waals surface area contributed by atoms with Gasteiger partial charge in [0.05, 0.1) is 5.56 Å². The smallest absolute Gasteiger partial charge is 0.198 e. The molecule has 4 heteroatoms. The number of ketones is 2. The zero-order chi connectivity index (χ0) is 21.5. The standard InChI is InChI=1S/C26H26O3.H3P/c1-14-10-16(3)22(17(4)11-14)25(28)20-8-7-9-21(27)24(20)26(29)23-18(5)12-15(2)13-19(23)6;/h7-13,27H,1-6H3;1H3. The van der Waals surface area contributed by atoms with E-state index in [-0.39, 0.29) is 38.3 Å². The summed E-state index contributed by atoms with van der Waals surface area (Å²) in [4.78, 5) is 27.0. The van der Waals surface area contributed by atoms with E-state index in [1.54, 1.807) is 12.1 Å². The Bertz CT molecular complexity index is 1110. The normalized spacial score (nSPS) is 10.5. The van der Waals surface area contributed by atoms with Crippen molar-refractivity contribution in [2.45, 2.75) is 41.5 Å². The second kappa shape index (κ2) is 8.93. The first-order valence-corrected chi connectivity index (χ1v) is 9.69. The maximum absolute atomic E-state index is 13.5. The fourth-order valence-electron chi connectivity index (χ4n) is 4.30. The number of hydrogen-bond acceptors (Lipinski definition) is 3. The van der Waals surface area contributed by atoms with Crippen LogP contribution in [0.1, 0.15) is 65.2 Å². The van der Waals surface area contributed by atoms with Gasteiger partial charge in [0.2, 0.25) is 0 Å². The van der Waals surface area contributed by atoms with Gasteiger partial charge >= 0.3 is 0 Å². The van der Waals surface area contributed by atoms with Gasteiger partial charge in [0.25, 0.3) is 0 Å². The lowest BCUT2D eigenvalue weighted by atomic mass is 9.86. The highest BCUT2D eigenvalue weighted by Gasteiger charge is 2.26. The molecule has 0 heterocycles. The third-order valence-electron chi connectivity index (χ3n) is 5.32. The second-order valence-electron chi connectivity index (χ2n) is 7.91. The van der Waals surface area contributed by atoms with Gasteiger partial charge in [-0.25, -0.2) is 0 Å². The van der Waals surface area contributed by atoms with Crippen LogP contribution < -0.4 is 0 Å². The second-order valence-corrected chi connectivity index (χ2v) is 7.91. The van der Waals surface area contributed by atoms with Crippen LogP contribution in [0, 0.1) is 41.5 Å². The summed E-state index contributed by atoms with van der Waals surface area (Å²) in [5, 5.41) is 10.6. The maximum Gasteiger partial charge on any atom is 0.198 e. The highest BCUT2D eigenvalue weighted by atomic mass is 31.0. The minimum absolute atomic E-state index is 0. The summed E-state index contributed by atoms with van der Waals surface area (Å²) >= 11 is 0. The largest absolute Gasteiger partial charge is 0.507 e. The lowest BCUT2D eigenvalue weighted by Crippen LogP contribution is -2.15. The van der Waals surface area contributed by atoms with E-state index < -0.39 is 0 Å². The molecule has 1 unspecified atom stereocenters. The van der Waals surface area contributed by atoms with Crippen molar-refractivity contribution in [2.75, 3.05) is 0 Å². The number of phenols is 1. The average molecular weight is 420 g/mol. The van der Waals surface area contributed by atoms with Gasteiger partial charge in [-0.2, -0.15) is 9.90 Å². The topological polar surface area (TPSA) is 54.4 Å². The van der Waals surface area contributed by atoms with E-state index >= 15 is 0 Å². The van der Waals surface area contributed by atoms with Crippen LogP contribution in [-0.2, 0) is 0 Å². The number of rotatable bonds is 4. The lowest BCUT2D eigenvalue weighted by Gasteiger charge is -2.16. The van der Waals surface area contributed by atoms with Crippen LogP contribution >= 0.6 is 9.90 Å². The maximum atomic E-state index is 13.5. The van der Waals surface area contributed by atoms with Crippen LogP contribution in [0.15, 0.2) is 42.5 Å². The molecule has 0 fully saturated rings. The van der Waals surface area contributed by atoms with E-state index in [0.717, 1.165) is 33.4 Å². The first-order valence-electron chi connectivity index (χ1n) is 9.69. The molecule has 0 amide bonds. The summed E-state index contributed by atoms with van der Waals surface area (Å²) in [5.41, 5.74) is 6.92. The first-order chi connectivity index (χ1) is 13.6. The van der Waals surface area contributed by atoms with Crippen molar-refractivity contribution in [1.82, 2.24) is 0 Å². The minimum atomic E-state index is -0.330.